The minimum atomic E-state index is -4.35. The van der Waals surface area contributed by atoms with Crippen molar-refractivity contribution in [3.8, 4) is 0 Å². The van der Waals surface area contributed by atoms with Crippen LogP contribution in [0.4, 0.5) is 23.2 Å². The van der Waals surface area contributed by atoms with E-state index in [-0.39, 0.29) is 5.69 Å². The van der Waals surface area contributed by atoms with E-state index in [2.05, 4.69) is 5.32 Å². The molecule has 1 rings (SSSR count). The summed E-state index contributed by atoms with van der Waals surface area (Å²) in [6.07, 6.45) is -4.35. The van der Waals surface area contributed by atoms with Crippen molar-refractivity contribution in [3.63, 3.8) is 0 Å². The highest BCUT2D eigenvalue weighted by Crippen LogP contribution is 2.26. The number of nitrogens with zero attached hydrogens (tertiary/aromatic N) is 1. The molecule has 0 radical (unpaired) electrons. The van der Waals surface area contributed by atoms with Gasteiger partial charge in [0.2, 0.25) is 0 Å². The third-order valence-corrected chi connectivity index (χ3v) is 2.43. The topological polar surface area (TPSA) is 15.3 Å². The summed E-state index contributed by atoms with van der Waals surface area (Å²) in [4.78, 5) is 0.891. The van der Waals surface area contributed by atoms with Crippen molar-refractivity contribution in [1.29, 1.82) is 0 Å². The summed E-state index contributed by atoms with van der Waals surface area (Å²) in [5, 5.41) is 2.98. The molecule has 0 saturated heterocycles. The van der Waals surface area contributed by atoms with Gasteiger partial charge in [-0.1, -0.05) is 19.1 Å². The fourth-order valence-corrected chi connectivity index (χ4v) is 1.74. The molecule has 0 aliphatic rings. The van der Waals surface area contributed by atoms with Crippen LogP contribution in [0, 0.1) is 5.82 Å². The predicted octanol–water partition coefficient (Wildman–Crippen LogP) is 2.93. The maximum atomic E-state index is 13.7. The molecule has 102 valence electrons. The summed E-state index contributed by atoms with van der Waals surface area (Å²) in [5.41, 5.74) is 0.513. The first-order chi connectivity index (χ1) is 8.35. The molecule has 18 heavy (non-hydrogen) atoms. The molecule has 0 aliphatic carbocycles. The van der Waals surface area contributed by atoms with E-state index >= 15 is 0 Å². The van der Waals surface area contributed by atoms with Gasteiger partial charge in [0.15, 0.2) is 0 Å². The van der Waals surface area contributed by atoms with Crippen molar-refractivity contribution >= 4 is 5.69 Å². The lowest BCUT2D eigenvalue weighted by molar-refractivity contribution is -0.119. The average molecular weight is 264 g/mol. The number of anilines is 1. The minimum absolute atomic E-state index is 0.00391. The van der Waals surface area contributed by atoms with Gasteiger partial charge in [0.25, 0.3) is 0 Å². The van der Waals surface area contributed by atoms with Crippen LogP contribution in [-0.4, -0.2) is 26.3 Å². The normalized spacial score (nSPS) is 11.7. The Morgan fingerprint density at radius 1 is 1.28 bits per heavy atom. The molecule has 1 aromatic rings. The number of benzene rings is 1. The van der Waals surface area contributed by atoms with Gasteiger partial charge in [-0.25, -0.2) is 4.39 Å². The van der Waals surface area contributed by atoms with E-state index in [0.717, 1.165) is 11.0 Å². The lowest BCUT2D eigenvalue weighted by Gasteiger charge is -2.24. The smallest absolute Gasteiger partial charge is 0.363 e. The molecule has 6 heteroatoms. The first-order valence-electron chi connectivity index (χ1n) is 5.61. The predicted molar refractivity (Wildman–Crippen MR) is 63.1 cm³/mol. The highest BCUT2D eigenvalue weighted by Gasteiger charge is 2.30. The highest BCUT2D eigenvalue weighted by molar-refractivity contribution is 5.54. The van der Waals surface area contributed by atoms with Crippen LogP contribution in [0.1, 0.15) is 12.5 Å². The molecule has 1 aromatic carbocycles. The second-order valence-corrected chi connectivity index (χ2v) is 4.00. The lowest BCUT2D eigenvalue weighted by atomic mass is 10.1. The van der Waals surface area contributed by atoms with Gasteiger partial charge < -0.3 is 10.2 Å². The van der Waals surface area contributed by atoms with Gasteiger partial charge in [-0.05, 0) is 18.2 Å². The quantitative estimate of drug-likeness (QED) is 0.823. The van der Waals surface area contributed by atoms with Gasteiger partial charge in [-0.15, -0.1) is 0 Å². The number of para-hydroxylation sites is 1. The Morgan fingerprint density at radius 2 is 1.94 bits per heavy atom. The van der Waals surface area contributed by atoms with Gasteiger partial charge in [0.1, 0.15) is 12.4 Å². The number of halogens is 4. The van der Waals surface area contributed by atoms with Crippen molar-refractivity contribution in [2.75, 3.05) is 25.0 Å². The molecule has 0 bridgehead atoms. The fraction of sp³-hybridized carbons (Fsp3) is 0.500. The van der Waals surface area contributed by atoms with Crippen LogP contribution >= 0.6 is 0 Å². The van der Waals surface area contributed by atoms with Gasteiger partial charge in [0.05, 0.1) is 5.69 Å². The molecular formula is C12H16F4N2. The van der Waals surface area contributed by atoms with Gasteiger partial charge >= 0.3 is 6.18 Å². The Balaban J connectivity index is 2.97. The van der Waals surface area contributed by atoms with Crippen LogP contribution in [0.5, 0.6) is 0 Å². The van der Waals surface area contributed by atoms with Crippen molar-refractivity contribution in [1.82, 2.24) is 5.32 Å². The van der Waals surface area contributed by atoms with Crippen molar-refractivity contribution < 1.29 is 17.6 Å². The first-order valence-corrected chi connectivity index (χ1v) is 5.61. The Hall–Kier alpha value is -1.30. The van der Waals surface area contributed by atoms with Gasteiger partial charge in [-0.2, -0.15) is 13.2 Å². The molecule has 0 amide bonds. The van der Waals surface area contributed by atoms with E-state index in [4.69, 9.17) is 0 Å². The average Bonchev–Trinajstić information content (AvgIpc) is 2.23. The number of alkyl halides is 3. The molecule has 0 atom stereocenters. The zero-order valence-corrected chi connectivity index (χ0v) is 10.3. The van der Waals surface area contributed by atoms with E-state index in [9.17, 15) is 17.6 Å². The summed E-state index contributed by atoms with van der Waals surface area (Å²) in [6, 6.07) is 4.28. The Labute approximate surface area is 104 Å². The third-order valence-electron chi connectivity index (χ3n) is 2.43. The molecular weight excluding hydrogens is 248 g/mol. The van der Waals surface area contributed by atoms with Crippen LogP contribution in [0.15, 0.2) is 18.2 Å². The number of nitrogens with one attached hydrogen (secondary N) is 1. The van der Waals surface area contributed by atoms with E-state index in [1.807, 2.05) is 6.92 Å². The maximum absolute atomic E-state index is 13.7. The molecule has 0 unspecified atom stereocenters. The van der Waals surface area contributed by atoms with Crippen molar-refractivity contribution in [2.24, 2.45) is 0 Å². The zero-order valence-electron chi connectivity index (χ0n) is 10.3. The summed E-state index contributed by atoms with van der Waals surface area (Å²) < 4.78 is 50.6. The largest absolute Gasteiger partial charge is 0.405 e. The highest BCUT2D eigenvalue weighted by atomic mass is 19.4. The Morgan fingerprint density at radius 3 is 2.50 bits per heavy atom. The third kappa shape index (κ3) is 4.18. The van der Waals surface area contributed by atoms with Gasteiger partial charge in [0, 0.05) is 13.6 Å². The fourth-order valence-electron chi connectivity index (χ4n) is 1.74. The van der Waals surface area contributed by atoms with Crippen LogP contribution in [-0.2, 0) is 6.54 Å². The second-order valence-electron chi connectivity index (χ2n) is 4.00. The summed E-state index contributed by atoms with van der Waals surface area (Å²) in [6.45, 7) is 1.70. The Kier molecular flexibility index (Phi) is 4.95. The molecule has 0 aromatic heterocycles. The first kappa shape index (κ1) is 14.8. The summed E-state index contributed by atoms with van der Waals surface area (Å²) in [5.74, 6) is -0.642. The van der Waals surface area contributed by atoms with Crippen molar-refractivity contribution in [3.05, 3.63) is 29.6 Å². The SMILES string of the molecule is CCNCc1cccc(F)c1N(C)CC(F)(F)F. The van der Waals surface area contributed by atoms with E-state index in [0.29, 0.717) is 18.7 Å². The molecule has 0 fully saturated rings. The lowest BCUT2D eigenvalue weighted by Crippen LogP contribution is -2.32. The second kappa shape index (κ2) is 6.04. The summed E-state index contributed by atoms with van der Waals surface area (Å²) in [7, 11) is 1.24. The maximum Gasteiger partial charge on any atom is 0.405 e. The van der Waals surface area contributed by atoms with Crippen LogP contribution in [0.2, 0.25) is 0 Å². The zero-order chi connectivity index (χ0) is 13.8. The monoisotopic (exact) mass is 264 g/mol. The van der Waals surface area contributed by atoms with E-state index in [1.54, 1.807) is 6.07 Å². The molecule has 0 spiro atoms. The molecule has 2 nitrogen and oxygen atoms in total. The number of hydrogen-bond acceptors (Lipinski definition) is 2. The number of rotatable bonds is 5. The van der Waals surface area contributed by atoms with Crippen LogP contribution < -0.4 is 10.2 Å². The Bertz CT molecular complexity index is 390. The standard InChI is InChI=1S/C12H16F4N2/c1-3-17-7-9-5-4-6-10(13)11(9)18(2)8-12(14,15)16/h4-6,17H,3,7-8H2,1-2H3. The van der Waals surface area contributed by atoms with Crippen LogP contribution in [0.25, 0.3) is 0 Å². The van der Waals surface area contributed by atoms with Gasteiger partial charge in [-0.3, -0.25) is 0 Å². The molecule has 0 saturated carbocycles. The van der Waals surface area contributed by atoms with E-state index in [1.165, 1.54) is 13.1 Å². The molecule has 0 aliphatic heterocycles. The molecule has 0 heterocycles. The molecule has 1 N–H and O–H groups in total. The minimum Gasteiger partial charge on any atom is -0.363 e. The van der Waals surface area contributed by atoms with Crippen molar-refractivity contribution in [2.45, 2.75) is 19.6 Å². The summed E-state index contributed by atoms with van der Waals surface area (Å²) >= 11 is 0. The number of hydrogen-bond donors (Lipinski definition) is 1. The van der Waals surface area contributed by atoms with Crippen LogP contribution in [0.3, 0.4) is 0 Å². The van der Waals surface area contributed by atoms with E-state index < -0.39 is 18.5 Å².